The third-order valence-electron chi connectivity index (χ3n) is 2.54. The van der Waals surface area contributed by atoms with E-state index < -0.39 is 0 Å². The lowest BCUT2D eigenvalue weighted by Crippen LogP contribution is -2.32. The minimum Gasteiger partial charge on any atom is -0.405 e. The Balaban J connectivity index is 2.29. The van der Waals surface area contributed by atoms with Gasteiger partial charge in [-0.15, -0.1) is 0 Å². The van der Waals surface area contributed by atoms with Crippen molar-refractivity contribution in [1.82, 2.24) is 0 Å². The number of rotatable bonds is 2. The predicted octanol–water partition coefficient (Wildman–Crippen LogP) is 1.37. The maximum absolute atomic E-state index is 5.95. The molecule has 0 aromatic carbocycles. The van der Waals surface area contributed by atoms with Crippen molar-refractivity contribution in [1.29, 1.82) is 0 Å². The van der Waals surface area contributed by atoms with Gasteiger partial charge in [0.2, 0.25) is 0 Å². The van der Waals surface area contributed by atoms with E-state index in [1.54, 1.807) is 6.20 Å². The van der Waals surface area contributed by atoms with Crippen LogP contribution < -0.4 is 11.5 Å². The summed E-state index contributed by atoms with van der Waals surface area (Å²) >= 11 is 0. The minimum atomic E-state index is 0.417. The molecule has 2 nitrogen and oxygen atoms in total. The molecule has 1 aliphatic carbocycles. The molecule has 0 aliphatic heterocycles. The van der Waals surface area contributed by atoms with Crippen molar-refractivity contribution in [3.8, 4) is 0 Å². The van der Waals surface area contributed by atoms with Crippen LogP contribution in [0.2, 0.25) is 0 Å². The zero-order valence-corrected chi connectivity index (χ0v) is 7.00. The quantitative estimate of drug-likeness (QED) is 0.631. The average molecular weight is 154 g/mol. The summed E-state index contributed by atoms with van der Waals surface area (Å²) in [5, 5.41) is 0. The molecule has 0 bridgehead atoms. The molecule has 1 rings (SSSR count). The SMILES string of the molecule is NC=CC[C@@H]1CCCC[C@H]1N. The fourth-order valence-corrected chi connectivity index (χ4v) is 1.78. The van der Waals surface area contributed by atoms with E-state index in [2.05, 4.69) is 0 Å². The molecule has 0 amide bonds. The Morgan fingerprint density at radius 1 is 1.27 bits per heavy atom. The first-order chi connectivity index (χ1) is 5.34. The van der Waals surface area contributed by atoms with Gasteiger partial charge in [-0.1, -0.05) is 18.9 Å². The molecular formula is C9H18N2. The molecule has 0 aromatic rings. The molecule has 2 heteroatoms. The molecule has 0 unspecified atom stereocenters. The molecule has 1 fully saturated rings. The predicted molar refractivity (Wildman–Crippen MR) is 47.9 cm³/mol. The summed E-state index contributed by atoms with van der Waals surface area (Å²) in [4.78, 5) is 0. The Morgan fingerprint density at radius 2 is 2.00 bits per heavy atom. The van der Waals surface area contributed by atoms with E-state index >= 15 is 0 Å². The van der Waals surface area contributed by atoms with E-state index in [4.69, 9.17) is 11.5 Å². The summed E-state index contributed by atoms with van der Waals surface area (Å²) < 4.78 is 0. The van der Waals surface area contributed by atoms with Crippen molar-refractivity contribution < 1.29 is 0 Å². The number of allylic oxidation sites excluding steroid dienone is 1. The van der Waals surface area contributed by atoms with Crippen molar-refractivity contribution in [3.05, 3.63) is 12.3 Å². The Kier molecular flexibility index (Phi) is 3.43. The van der Waals surface area contributed by atoms with E-state index in [-0.39, 0.29) is 0 Å². The molecule has 11 heavy (non-hydrogen) atoms. The maximum Gasteiger partial charge on any atom is 0.00701 e. The van der Waals surface area contributed by atoms with Crippen LogP contribution in [0, 0.1) is 5.92 Å². The third kappa shape index (κ3) is 2.54. The van der Waals surface area contributed by atoms with E-state index in [0.29, 0.717) is 12.0 Å². The highest BCUT2D eigenvalue weighted by molar-refractivity contribution is 4.86. The Labute approximate surface area is 68.6 Å². The Morgan fingerprint density at radius 3 is 2.64 bits per heavy atom. The van der Waals surface area contributed by atoms with Crippen LogP contribution in [-0.2, 0) is 0 Å². The van der Waals surface area contributed by atoms with Gasteiger partial charge < -0.3 is 11.5 Å². The second kappa shape index (κ2) is 4.39. The van der Waals surface area contributed by atoms with E-state index in [0.717, 1.165) is 6.42 Å². The third-order valence-corrected chi connectivity index (χ3v) is 2.54. The van der Waals surface area contributed by atoms with Crippen LogP contribution in [0.4, 0.5) is 0 Å². The van der Waals surface area contributed by atoms with E-state index in [1.165, 1.54) is 25.7 Å². The largest absolute Gasteiger partial charge is 0.405 e. The first-order valence-electron chi connectivity index (χ1n) is 4.47. The van der Waals surface area contributed by atoms with Gasteiger partial charge in [-0.2, -0.15) is 0 Å². The lowest BCUT2D eigenvalue weighted by atomic mass is 9.83. The molecule has 0 aromatic heterocycles. The Bertz CT molecular complexity index is 132. The minimum absolute atomic E-state index is 0.417. The molecular weight excluding hydrogens is 136 g/mol. The first-order valence-corrected chi connectivity index (χ1v) is 4.47. The van der Waals surface area contributed by atoms with Crippen LogP contribution in [0.15, 0.2) is 12.3 Å². The zero-order chi connectivity index (χ0) is 8.10. The van der Waals surface area contributed by atoms with Crippen molar-refractivity contribution in [2.24, 2.45) is 17.4 Å². The molecule has 2 atom stereocenters. The number of nitrogens with two attached hydrogens (primary N) is 2. The highest BCUT2D eigenvalue weighted by Crippen LogP contribution is 2.25. The van der Waals surface area contributed by atoms with Crippen LogP contribution in [-0.4, -0.2) is 6.04 Å². The average Bonchev–Trinajstić information content (AvgIpc) is 2.03. The molecule has 64 valence electrons. The van der Waals surface area contributed by atoms with Crippen molar-refractivity contribution in [2.45, 2.75) is 38.1 Å². The highest BCUT2D eigenvalue weighted by Gasteiger charge is 2.19. The molecule has 0 spiro atoms. The first kappa shape index (κ1) is 8.60. The topological polar surface area (TPSA) is 52.0 Å². The second-order valence-corrected chi connectivity index (χ2v) is 3.37. The van der Waals surface area contributed by atoms with Gasteiger partial charge in [-0.05, 0) is 31.4 Å². The fourth-order valence-electron chi connectivity index (χ4n) is 1.78. The lowest BCUT2D eigenvalue weighted by Gasteiger charge is -2.27. The van der Waals surface area contributed by atoms with Gasteiger partial charge >= 0.3 is 0 Å². The smallest absolute Gasteiger partial charge is 0.00701 e. The van der Waals surface area contributed by atoms with Crippen molar-refractivity contribution in [2.75, 3.05) is 0 Å². The summed E-state index contributed by atoms with van der Waals surface area (Å²) in [6, 6.07) is 0.417. The molecule has 1 aliphatic rings. The normalized spacial score (nSPS) is 32.8. The molecule has 4 N–H and O–H groups in total. The van der Waals surface area contributed by atoms with Gasteiger partial charge in [-0.3, -0.25) is 0 Å². The fraction of sp³-hybridized carbons (Fsp3) is 0.778. The Hall–Kier alpha value is -0.500. The van der Waals surface area contributed by atoms with Crippen molar-refractivity contribution in [3.63, 3.8) is 0 Å². The van der Waals surface area contributed by atoms with Gasteiger partial charge in [0.25, 0.3) is 0 Å². The van der Waals surface area contributed by atoms with Crippen LogP contribution in [0.5, 0.6) is 0 Å². The van der Waals surface area contributed by atoms with Crippen LogP contribution in [0.25, 0.3) is 0 Å². The van der Waals surface area contributed by atoms with Gasteiger partial charge in [0.15, 0.2) is 0 Å². The van der Waals surface area contributed by atoms with Gasteiger partial charge in [-0.25, -0.2) is 0 Å². The lowest BCUT2D eigenvalue weighted by molar-refractivity contribution is 0.310. The molecule has 1 saturated carbocycles. The summed E-state index contributed by atoms with van der Waals surface area (Å²) in [5.41, 5.74) is 11.2. The zero-order valence-electron chi connectivity index (χ0n) is 7.00. The monoisotopic (exact) mass is 154 g/mol. The van der Waals surface area contributed by atoms with Gasteiger partial charge in [0, 0.05) is 6.04 Å². The van der Waals surface area contributed by atoms with Gasteiger partial charge in [0.05, 0.1) is 0 Å². The van der Waals surface area contributed by atoms with Crippen LogP contribution >= 0.6 is 0 Å². The second-order valence-electron chi connectivity index (χ2n) is 3.37. The van der Waals surface area contributed by atoms with E-state index in [9.17, 15) is 0 Å². The number of hydrogen-bond donors (Lipinski definition) is 2. The summed E-state index contributed by atoms with van der Waals surface area (Å²) in [6.07, 6.45) is 9.85. The van der Waals surface area contributed by atoms with E-state index in [1.807, 2.05) is 6.08 Å². The standard InChI is InChI=1S/C9H18N2/c10-7-3-5-8-4-1-2-6-9(8)11/h3,7-9H,1-2,4-6,10-11H2/t8-,9+/m0/s1. The highest BCUT2D eigenvalue weighted by atomic mass is 14.7. The summed E-state index contributed by atoms with van der Waals surface area (Å²) in [5.74, 6) is 0.684. The molecule has 0 heterocycles. The van der Waals surface area contributed by atoms with Gasteiger partial charge in [0.1, 0.15) is 0 Å². The summed E-state index contributed by atoms with van der Waals surface area (Å²) in [7, 11) is 0. The summed E-state index contributed by atoms with van der Waals surface area (Å²) in [6.45, 7) is 0. The maximum atomic E-state index is 5.95. The number of hydrogen-bond acceptors (Lipinski definition) is 2. The van der Waals surface area contributed by atoms with Crippen molar-refractivity contribution >= 4 is 0 Å². The molecule has 0 saturated heterocycles. The van der Waals surface area contributed by atoms with Crippen LogP contribution in [0.3, 0.4) is 0 Å². The van der Waals surface area contributed by atoms with Crippen LogP contribution in [0.1, 0.15) is 32.1 Å². The molecule has 0 radical (unpaired) electrons.